The Morgan fingerprint density at radius 2 is 1.94 bits per heavy atom. The zero-order valence-electron chi connectivity index (χ0n) is 19.4. The predicted molar refractivity (Wildman–Crippen MR) is 118 cm³/mol. The molecule has 0 aromatic heterocycles. The van der Waals surface area contributed by atoms with Crippen molar-refractivity contribution in [3.63, 3.8) is 0 Å². The van der Waals surface area contributed by atoms with Crippen molar-refractivity contribution >= 4 is 29.1 Å². The van der Waals surface area contributed by atoms with Crippen LogP contribution in [-0.2, 0) is 19.1 Å². The largest absolute Gasteiger partial charge is 0.459 e. The fourth-order valence-electron chi connectivity index (χ4n) is 7.57. The van der Waals surface area contributed by atoms with Crippen molar-refractivity contribution in [2.24, 2.45) is 28.6 Å². The number of hydrogen-bond donors (Lipinski definition) is 1. The predicted octanol–water partition coefficient (Wildman–Crippen LogP) is 4.05. The van der Waals surface area contributed by atoms with Gasteiger partial charge in [0.05, 0.1) is 5.88 Å². The molecular weight excluding hydrogens is 454 g/mol. The Kier molecular flexibility index (Phi) is 5.73. The first-order valence-corrected chi connectivity index (χ1v) is 12.1. The van der Waals surface area contributed by atoms with Crippen molar-refractivity contribution in [1.29, 1.82) is 0 Å². The Morgan fingerprint density at radius 1 is 1.27 bits per heavy atom. The second-order valence-corrected chi connectivity index (χ2v) is 10.9. The highest BCUT2D eigenvalue weighted by Gasteiger charge is 2.77. The third-order valence-electron chi connectivity index (χ3n) is 9.29. The van der Waals surface area contributed by atoms with Crippen molar-refractivity contribution in [3.8, 4) is 0 Å². The molecule has 1 N–H and O–H groups in total. The van der Waals surface area contributed by atoms with E-state index in [2.05, 4.69) is 0 Å². The van der Waals surface area contributed by atoms with Crippen molar-refractivity contribution in [3.05, 3.63) is 23.8 Å². The number of ketones is 2. The van der Waals surface area contributed by atoms with Gasteiger partial charge in [-0.15, -0.1) is 11.6 Å². The lowest BCUT2D eigenvalue weighted by Crippen LogP contribution is -2.71. The molecule has 0 amide bonds. The molecular formula is C25H31ClF2O5. The van der Waals surface area contributed by atoms with Crippen LogP contribution in [0.5, 0.6) is 0 Å². The van der Waals surface area contributed by atoms with Crippen molar-refractivity contribution < 1.29 is 33.0 Å². The number of carbonyl (C=O) groups excluding carboxylic acids is 3. The lowest BCUT2D eigenvalue weighted by atomic mass is 9.44. The Morgan fingerprint density at radius 3 is 2.55 bits per heavy atom. The standard InChI is InChI=1S/C25H31ClF2O5/c1-5-21(31)33-20-11-23(4)15(8-13(2)25(23,32)19(30)12-26)16-10-18(27)17-9-14(29)6-7-22(17,3)24(16,20)28/h6-7,9,13,15-16,18,20,32H,5,8,10-12H2,1-4H3/t13-,15+,16+,18+,20+,22+,23+,24+,25+/m1/s1. The van der Waals surface area contributed by atoms with E-state index >= 15 is 8.78 Å². The maximum Gasteiger partial charge on any atom is 0.305 e. The summed E-state index contributed by atoms with van der Waals surface area (Å²) in [6.07, 6.45) is 0.858. The normalized spacial score (nSPS) is 48.4. The van der Waals surface area contributed by atoms with E-state index in [1.54, 1.807) is 27.7 Å². The number of fused-ring (bicyclic) bond motifs is 5. The van der Waals surface area contributed by atoms with Crippen LogP contribution in [0.4, 0.5) is 8.78 Å². The van der Waals surface area contributed by atoms with Crippen LogP contribution in [0, 0.1) is 28.6 Å². The number of allylic oxidation sites excluding steroid dienone is 4. The van der Waals surface area contributed by atoms with E-state index in [0.29, 0.717) is 6.42 Å². The van der Waals surface area contributed by atoms with Crippen LogP contribution in [0.15, 0.2) is 23.8 Å². The van der Waals surface area contributed by atoms with Gasteiger partial charge in [-0.05, 0) is 55.7 Å². The molecule has 3 fully saturated rings. The van der Waals surface area contributed by atoms with Gasteiger partial charge in [-0.1, -0.05) is 26.8 Å². The third kappa shape index (κ3) is 2.94. The highest BCUT2D eigenvalue weighted by molar-refractivity contribution is 6.29. The molecule has 5 nitrogen and oxygen atoms in total. The second kappa shape index (κ2) is 7.70. The zero-order valence-corrected chi connectivity index (χ0v) is 20.1. The molecule has 4 aliphatic rings. The Hall–Kier alpha value is -1.60. The van der Waals surface area contributed by atoms with Gasteiger partial charge in [0, 0.05) is 23.2 Å². The molecule has 4 rings (SSSR count). The average Bonchev–Trinajstić information content (AvgIpc) is 2.97. The van der Waals surface area contributed by atoms with E-state index in [1.807, 2.05) is 0 Å². The minimum Gasteiger partial charge on any atom is -0.459 e. The molecule has 8 heteroatoms. The van der Waals surface area contributed by atoms with Crippen LogP contribution >= 0.6 is 11.6 Å². The van der Waals surface area contributed by atoms with Gasteiger partial charge in [0.1, 0.15) is 17.9 Å². The number of esters is 1. The van der Waals surface area contributed by atoms with E-state index in [-0.39, 0.29) is 24.8 Å². The number of carbonyl (C=O) groups is 3. The van der Waals surface area contributed by atoms with Gasteiger partial charge in [0.2, 0.25) is 0 Å². The molecule has 0 bridgehead atoms. The molecule has 0 spiro atoms. The number of Topliss-reactive ketones (excluding diaryl/α,β-unsaturated/α-hetero) is 1. The first kappa shape index (κ1) is 24.5. The van der Waals surface area contributed by atoms with Crippen LogP contribution in [0.25, 0.3) is 0 Å². The van der Waals surface area contributed by atoms with Crippen LogP contribution in [0.2, 0.25) is 0 Å². The SMILES string of the molecule is CCC(=O)O[C@H]1C[C@@]2(C)[C@@H](C[C@@H](C)[C@]2(O)C(=O)CCl)[C@@H]2C[C@H](F)C3=CC(=O)C=C[C@]3(C)[C@@]12F. The number of rotatable bonds is 4. The van der Waals surface area contributed by atoms with Gasteiger partial charge in [0.15, 0.2) is 17.2 Å². The Balaban J connectivity index is 1.92. The molecule has 0 aromatic rings. The van der Waals surface area contributed by atoms with E-state index in [4.69, 9.17) is 16.3 Å². The minimum absolute atomic E-state index is 0.0120. The monoisotopic (exact) mass is 484 g/mol. The van der Waals surface area contributed by atoms with E-state index in [0.717, 1.165) is 6.08 Å². The lowest BCUT2D eigenvalue weighted by Gasteiger charge is -2.63. The fraction of sp³-hybridized carbons (Fsp3) is 0.720. The Labute approximate surface area is 197 Å². The van der Waals surface area contributed by atoms with Gasteiger partial charge in [-0.25, -0.2) is 8.78 Å². The van der Waals surface area contributed by atoms with Gasteiger partial charge >= 0.3 is 5.97 Å². The maximum absolute atomic E-state index is 17.6. The fourth-order valence-corrected chi connectivity index (χ4v) is 7.77. The number of halogens is 3. The molecule has 3 saturated carbocycles. The maximum atomic E-state index is 17.6. The van der Waals surface area contributed by atoms with Crippen molar-refractivity contribution in [1.82, 2.24) is 0 Å². The first-order valence-electron chi connectivity index (χ1n) is 11.6. The number of ether oxygens (including phenoxy) is 1. The van der Waals surface area contributed by atoms with Crippen LogP contribution in [0.3, 0.4) is 0 Å². The number of hydrogen-bond acceptors (Lipinski definition) is 5. The van der Waals surface area contributed by atoms with Gasteiger partial charge in [0.25, 0.3) is 0 Å². The molecule has 0 radical (unpaired) electrons. The molecule has 9 atom stereocenters. The number of aliphatic hydroxyl groups is 1. The summed E-state index contributed by atoms with van der Waals surface area (Å²) in [6.45, 7) is 6.57. The summed E-state index contributed by atoms with van der Waals surface area (Å²) in [6, 6.07) is 0. The molecule has 0 aromatic carbocycles. The van der Waals surface area contributed by atoms with Gasteiger partial charge in [-0.2, -0.15) is 0 Å². The second-order valence-electron chi connectivity index (χ2n) is 10.6. The highest BCUT2D eigenvalue weighted by Crippen LogP contribution is 2.71. The quantitative estimate of drug-likeness (QED) is 0.481. The van der Waals surface area contributed by atoms with E-state index in [1.165, 1.54) is 12.2 Å². The summed E-state index contributed by atoms with van der Waals surface area (Å²) < 4.78 is 38.8. The summed E-state index contributed by atoms with van der Waals surface area (Å²) in [5.41, 5.74) is -6.69. The molecule has 0 unspecified atom stereocenters. The summed E-state index contributed by atoms with van der Waals surface area (Å²) >= 11 is 5.86. The van der Waals surface area contributed by atoms with E-state index in [9.17, 15) is 19.5 Å². The smallest absolute Gasteiger partial charge is 0.305 e. The topological polar surface area (TPSA) is 80.7 Å². The first-order chi connectivity index (χ1) is 15.3. The van der Waals surface area contributed by atoms with E-state index < -0.39 is 75.5 Å². The van der Waals surface area contributed by atoms with Crippen molar-refractivity contribution in [2.75, 3.05) is 5.88 Å². The van der Waals surface area contributed by atoms with Gasteiger partial charge < -0.3 is 9.84 Å². The molecule has 0 aliphatic heterocycles. The number of alkyl halides is 3. The van der Waals surface area contributed by atoms with Crippen LogP contribution in [0.1, 0.15) is 53.4 Å². The minimum atomic E-state index is -2.22. The zero-order chi connectivity index (χ0) is 24.6. The average molecular weight is 485 g/mol. The molecule has 33 heavy (non-hydrogen) atoms. The molecule has 0 saturated heterocycles. The summed E-state index contributed by atoms with van der Waals surface area (Å²) in [7, 11) is 0. The molecule has 4 aliphatic carbocycles. The lowest BCUT2D eigenvalue weighted by molar-refractivity contribution is -0.233. The summed E-state index contributed by atoms with van der Waals surface area (Å²) in [4.78, 5) is 37.3. The summed E-state index contributed by atoms with van der Waals surface area (Å²) in [5, 5.41) is 11.7. The highest BCUT2D eigenvalue weighted by atomic mass is 35.5. The van der Waals surface area contributed by atoms with Crippen LogP contribution < -0.4 is 0 Å². The van der Waals surface area contributed by atoms with Gasteiger partial charge in [-0.3, -0.25) is 14.4 Å². The molecule has 182 valence electrons. The molecule has 0 heterocycles. The third-order valence-corrected chi connectivity index (χ3v) is 9.54. The van der Waals surface area contributed by atoms with Crippen LogP contribution in [-0.4, -0.2) is 52.1 Å². The Bertz CT molecular complexity index is 964. The summed E-state index contributed by atoms with van der Waals surface area (Å²) in [5.74, 6) is -4.02. The van der Waals surface area contributed by atoms with Crippen molar-refractivity contribution in [2.45, 2.75) is 76.9 Å².